The standard InChI is InChI=1S/C11H15NO/c12-11-9(5-6-13)7-8-3-1-2-4-10(8)11/h1-4,9,11,13H,5-7,12H2. The quantitative estimate of drug-likeness (QED) is 0.714. The highest BCUT2D eigenvalue weighted by Gasteiger charge is 2.28. The minimum absolute atomic E-state index is 0.128. The first-order chi connectivity index (χ1) is 6.33. The van der Waals surface area contributed by atoms with Crippen molar-refractivity contribution in [2.75, 3.05) is 6.61 Å². The molecule has 0 bridgehead atoms. The van der Waals surface area contributed by atoms with Crippen LogP contribution in [0.2, 0.25) is 0 Å². The Bertz CT molecular complexity index is 298. The number of nitrogens with two attached hydrogens (primary N) is 1. The van der Waals surface area contributed by atoms with E-state index in [9.17, 15) is 0 Å². The number of aliphatic hydroxyl groups excluding tert-OH is 1. The van der Waals surface area contributed by atoms with Gasteiger partial charge in [-0.1, -0.05) is 24.3 Å². The minimum Gasteiger partial charge on any atom is -0.396 e. The van der Waals surface area contributed by atoms with Crippen LogP contribution in [0.25, 0.3) is 0 Å². The van der Waals surface area contributed by atoms with Crippen LogP contribution >= 0.6 is 0 Å². The summed E-state index contributed by atoms with van der Waals surface area (Å²) in [5.74, 6) is 0.433. The molecule has 2 nitrogen and oxygen atoms in total. The van der Waals surface area contributed by atoms with E-state index in [0.717, 1.165) is 12.8 Å². The third-order valence-corrected chi connectivity index (χ3v) is 2.90. The fourth-order valence-electron chi connectivity index (χ4n) is 2.16. The van der Waals surface area contributed by atoms with E-state index < -0.39 is 0 Å². The summed E-state index contributed by atoms with van der Waals surface area (Å²) in [4.78, 5) is 0. The van der Waals surface area contributed by atoms with Crippen LogP contribution in [0.15, 0.2) is 24.3 Å². The highest BCUT2D eigenvalue weighted by Crippen LogP contribution is 2.35. The van der Waals surface area contributed by atoms with Crippen molar-refractivity contribution >= 4 is 0 Å². The molecule has 0 saturated heterocycles. The Labute approximate surface area is 78.4 Å². The van der Waals surface area contributed by atoms with Crippen LogP contribution in [0.1, 0.15) is 23.6 Å². The van der Waals surface area contributed by atoms with Crippen LogP contribution in [0, 0.1) is 5.92 Å². The maximum absolute atomic E-state index is 8.87. The lowest BCUT2D eigenvalue weighted by Crippen LogP contribution is -2.17. The van der Waals surface area contributed by atoms with Gasteiger partial charge in [0.2, 0.25) is 0 Å². The Kier molecular flexibility index (Phi) is 2.34. The van der Waals surface area contributed by atoms with Gasteiger partial charge in [0, 0.05) is 12.6 Å². The monoisotopic (exact) mass is 177 g/mol. The molecule has 2 heteroatoms. The van der Waals surface area contributed by atoms with Crippen molar-refractivity contribution in [2.45, 2.75) is 18.9 Å². The van der Waals surface area contributed by atoms with Gasteiger partial charge in [0.1, 0.15) is 0 Å². The smallest absolute Gasteiger partial charge is 0.0434 e. The predicted octanol–water partition coefficient (Wildman–Crippen LogP) is 1.24. The maximum atomic E-state index is 8.87. The first-order valence-corrected chi connectivity index (χ1v) is 4.77. The number of aliphatic hydroxyl groups is 1. The largest absolute Gasteiger partial charge is 0.396 e. The van der Waals surface area contributed by atoms with Crippen LogP contribution in [-0.4, -0.2) is 11.7 Å². The number of benzene rings is 1. The van der Waals surface area contributed by atoms with E-state index >= 15 is 0 Å². The Morgan fingerprint density at radius 3 is 2.85 bits per heavy atom. The van der Waals surface area contributed by atoms with Gasteiger partial charge in [0.25, 0.3) is 0 Å². The van der Waals surface area contributed by atoms with Gasteiger partial charge in [0.15, 0.2) is 0 Å². The van der Waals surface area contributed by atoms with E-state index in [4.69, 9.17) is 10.8 Å². The van der Waals surface area contributed by atoms with Crippen molar-refractivity contribution in [3.05, 3.63) is 35.4 Å². The lowest BCUT2D eigenvalue weighted by atomic mass is 9.98. The summed E-state index contributed by atoms with van der Waals surface area (Å²) in [6.45, 7) is 0.242. The van der Waals surface area contributed by atoms with E-state index in [1.54, 1.807) is 0 Å². The summed E-state index contributed by atoms with van der Waals surface area (Å²) in [6.07, 6.45) is 1.84. The molecule has 0 fully saturated rings. The molecule has 1 aliphatic rings. The first-order valence-electron chi connectivity index (χ1n) is 4.77. The van der Waals surface area contributed by atoms with Gasteiger partial charge in [-0.25, -0.2) is 0 Å². The summed E-state index contributed by atoms with van der Waals surface area (Å²) in [7, 11) is 0. The van der Waals surface area contributed by atoms with Gasteiger partial charge >= 0.3 is 0 Å². The second-order valence-electron chi connectivity index (χ2n) is 3.70. The average Bonchev–Trinajstić information content (AvgIpc) is 2.46. The summed E-state index contributed by atoms with van der Waals surface area (Å²) >= 11 is 0. The molecule has 0 aromatic heterocycles. The summed E-state index contributed by atoms with van der Waals surface area (Å²) in [5, 5.41) is 8.87. The van der Waals surface area contributed by atoms with E-state index in [1.807, 2.05) is 12.1 Å². The Morgan fingerprint density at radius 2 is 2.15 bits per heavy atom. The lowest BCUT2D eigenvalue weighted by Gasteiger charge is -2.13. The van der Waals surface area contributed by atoms with Gasteiger partial charge in [-0.15, -0.1) is 0 Å². The summed E-state index contributed by atoms with van der Waals surface area (Å²) in [6, 6.07) is 8.43. The van der Waals surface area contributed by atoms with Crippen molar-refractivity contribution in [1.29, 1.82) is 0 Å². The van der Waals surface area contributed by atoms with Gasteiger partial charge in [0.05, 0.1) is 0 Å². The Balaban J connectivity index is 2.22. The molecule has 1 aliphatic carbocycles. The van der Waals surface area contributed by atoms with E-state index in [-0.39, 0.29) is 12.6 Å². The average molecular weight is 177 g/mol. The zero-order valence-corrected chi connectivity index (χ0v) is 7.61. The lowest BCUT2D eigenvalue weighted by molar-refractivity contribution is 0.248. The van der Waals surface area contributed by atoms with Crippen molar-refractivity contribution in [3.8, 4) is 0 Å². The molecule has 0 heterocycles. The molecule has 0 radical (unpaired) electrons. The third kappa shape index (κ3) is 1.47. The van der Waals surface area contributed by atoms with Crippen molar-refractivity contribution in [3.63, 3.8) is 0 Å². The Hall–Kier alpha value is -0.860. The van der Waals surface area contributed by atoms with E-state index in [1.165, 1.54) is 11.1 Å². The van der Waals surface area contributed by atoms with Crippen LogP contribution in [0.3, 0.4) is 0 Å². The topological polar surface area (TPSA) is 46.2 Å². The van der Waals surface area contributed by atoms with Crippen molar-refractivity contribution < 1.29 is 5.11 Å². The second kappa shape index (κ2) is 3.48. The van der Waals surface area contributed by atoms with Gasteiger partial charge < -0.3 is 10.8 Å². The first kappa shape index (κ1) is 8.73. The normalized spacial score (nSPS) is 26.0. The molecular weight excluding hydrogens is 162 g/mol. The van der Waals surface area contributed by atoms with Crippen molar-refractivity contribution in [2.24, 2.45) is 11.7 Å². The number of hydrogen-bond donors (Lipinski definition) is 2. The fourth-order valence-corrected chi connectivity index (χ4v) is 2.16. The predicted molar refractivity (Wildman–Crippen MR) is 52.3 cm³/mol. The SMILES string of the molecule is NC1c2ccccc2CC1CCO. The van der Waals surface area contributed by atoms with Gasteiger partial charge in [-0.3, -0.25) is 0 Å². The van der Waals surface area contributed by atoms with E-state index in [0.29, 0.717) is 5.92 Å². The third-order valence-electron chi connectivity index (χ3n) is 2.90. The van der Waals surface area contributed by atoms with Crippen LogP contribution in [0.4, 0.5) is 0 Å². The molecular formula is C11H15NO. The number of rotatable bonds is 2. The van der Waals surface area contributed by atoms with Gasteiger partial charge in [-0.05, 0) is 29.9 Å². The molecule has 13 heavy (non-hydrogen) atoms. The fraction of sp³-hybridized carbons (Fsp3) is 0.455. The molecule has 0 aliphatic heterocycles. The Morgan fingerprint density at radius 1 is 1.38 bits per heavy atom. The molecule has 2 unspecified atom stereocenters. The number of hydrogen-bond acceptors (Lipinski definition) is 2. The molecule has 1 aromatic carbocycles. The number of fused-ring (bicyclic) bond motifs is 1. The molecule has 70 valence electrons. The van der Waals surface area contributed by atoms with Crippen LogP contribution in [-0.2, 0) is 6.42 Å². The highest BCUT2D eigenvalue weighted by molar-refractivity contribution is 5.35. The maximum Gasteiger partial charge on any atom is 0.0434 e. The molecule has 3 N–H and O–H groups in total. The van der Waals surface area contributed by atoms with Crippen molar-refractivity contribution in [1.82, 2.24) is 0 Å². The van der Waals surface area contributed by atoms with Crippen LogP contribution in [0.5, 0.6) is 0 Å². The summed E-state index contributed by atoms with van der Waals surface area (Å²) in [5.41, 5.74) is 8.69. The molecule has 2 atom stereocenters. The molecule has 0 amide bonds. The molecule has 0 saturated carbocycles. The minimum atomic E-state index is 0.128. The summed E-state index contributed by atoms with van der Waals surface area (Å²) < 4.78 is 0. The van der Waals surface area contributed by atoms with Crippen LogP contribution < -0.4 is 5.73 Å². The molecule has 2 rings (SSSR count). The highest BCUT2D eigenvalue weighted by atomic mass is 16.3. The van der Waals surface area contributed by atoms with Gasteiger partial charge in [-0.2, -0.15) is 0 Å². The molecule has 0 spiro atoms. The zero-order valence-electron chi connectivity index (χ0n) is 7.61. The second-order valence-corrected chi connectivity index (χ2v) is 3.70. The molecule has 1 aromatic rings. The zero-order chi connectivity index (χ0) is 9.26. The van der Waals surface area contributed by atoms with E-state index in [2.05, 4.69) is 12.1 Å².